The number of allylic oxidation sites excluding steroid dienone is 1. The summed E-state index contributed by atoms with van der Waals surface area (Å²) in [5.74, 6) is 0.567. The Hall–Kier alpha value is -2.27. The molecule has 0 amide bonds. The van der Waals surface area contributed by atoms with E-state index in [1.165, 1.54) is 19.6 Å². The third-order valence-corrected chi connectivity index (χ3v) is 5.21. The third-order valence-electron chi connectivity index (χ3n) is 4.58. The van der Waals surface area contributed by atoms with E-state index in [4.69, 9.17) is 4.74 Å². The Labute approximate surface area is 162 Å². The van der Waals surface area contributed by atoms with Gasteiger partial charge >= 0.3 is 0 Å². The number of ketones is 1. The van der Waals surface area contributed by atoms with Crippen molar-refractivity contribution in [1.29, 1.82) is 0 Å². The van der Waals surface area contributed by atoms with Crippen LogP contribution in [0.15, 0.2) is 46.9 Å². The Morgan fingerprint density at radius 3 is 2.65 bits per heavy atom. The van der Waals surface area contributed by atoms with E-state index in [-0.39, 0.29) is 11.5 Å². The number of benzene rings is 2. The molecule has 0 saturated carbocycles. The number of anilines is 1. The van der Waals surface area contributed by atoms with Crippen molar-refractivity contribution in [2.24, 2.45) is 0 Å². The van der Waals surface area contributed by atoms with Gasteiger partial charge < -0.3 is 14.7 Å². The molecule has 0 spiro atoms. The van der Waals surface area contributed by atoms with Crippen LogP contribution in [0, 0.1) is 0 Å². The first-order chi connectivity index (χ1) is 12.6. The zero-order chi connectivity index (χ0) is 18.5. The number of phenols is 1. The fourth-order valence-corrected chi connectivity index (χ4v) is 3.57. The van der Waals surface area contributed by atoms with Crippen LogP contribution in [0.1, 0.15) is 35.2 Å². The van der Waals surface area contributed by atoms with E-state index in [0.29, 0.717) is 15.8 Å². The summed E-state index contributed by atoms with van der Waals surface area (Å²) in [5.41, 5.74) is 2.43. The standard InChI is InChI=1S/C21H22BrNO3/c1-26-21-14-20(25)17(22)13-15(21)9-10-19(24)16-7-3-4-8-18(16)23-11-5-2-6-12-23/h3-4,7-10,13-14,25H,2,5-6,11-12H2,1H3/b10-9+. The molecular weight excluding hydrogens is 394 g/mol. The lowest BCUT2D eigenvalue weighted by Crippen LogP contribution is -2.30. The number of methoxy groups -OCH3 is 1. The van der Waals surface area contributed by atoms with E-state index in [9.17, 15) is 9.90 Å². The van der Waals surface area contributed by atoms with Crippen LogP contribution in [0.4, 0.5) is 5.69 Å². The number of aromatic hydroxyl groups is 1. The Morgan fingerprint density at radius 2 is 1.92 bits per heavy atom. The largest absolute Gasteiger partial charge is 0.507 e. The maximum Gasteiger partial charge on any atom is 0.187 e. The molecule has 26 heavy (non-hydrogen) atoms. The first-order valence-corrected chi connectivity index (χ1v) is 9.52. The van der Waals surface area contributed by atoms with Crippen LogP contribution in [0.3, 0.4) is 0 Å². The number of phenolic OH excluding ortho intramolecular Hbond substituents is 1. The van der Waals surface area contributed by atoms with E-state index in [2.05, 4.69) is 20.8 Å². The molecule has 2 aromatic carbocycles. The van der Waals surface area contributed by atoms with Crippen LogP contribution in [0.5, 0.6) is 11.5 Å². The summed E-state index contributed by atoms with van der Waals surface area (Å²) in [6.07, 6.45) is 6.86. The number of rotatable bonds is 5. The molecule has 0 radical (unpaired) electrons. The summed E-state index contributed by atoms with van der Waals surface area (Å²) < 4.78 is 5.84. The number of ether oxygens (including phenoxy) is 1. The van der Waals surface area contributed by atoms with Crippen LogP contribution in [-0.4, -0.2) is 31.1 Å². The van der Waals surface area contributed by atoms with Crippen molar-refractivity contribution in [1.82, 2.24) is 0 Å². The summed E-state index contributed by atoms with van der Waals surface area (Å²) in [7, 11) is 1.54. The van der Waals surface area contributed by atoms with E-state index >= 15 is 0 Å². The van der Waals surface area contributed by atoms with Crippen LogP contribution in [0.25, 0.3) is 6.08 Å². The van der Waals surface area contributed by atoms with Gasteiger partial charge in [-0.3, -0.25) is 4.79 Å². The minimum Gasteiger partial charge on any atom is -0.507 e. The van der Waals surface area contributed by atoms with Crippen LogP contribution in [0.2, 0.25) is 0 Å². The van der Waals surface area contributed by atoms with Crippen molar-refractivity contribution >= 4 is 33.5 Å². The van der Waals surface area contributed by atoms with Gasteiger partial charge in [-0.15, -0.1) is 0 Å². The normalized spacial score (nSPS) is 14.6. The van der Waals surface area contributed by atoms with Gasteiger partial charge in [0.05, 0.1) is 11.6 Å². The minimum absolute atomic E-state index is 0.0441. The highest BCUT2D eigenvalue weighted by atomic mass is 79.9. The van der Waals surface area contributed by atoms with Crippen molar-refractivity contribution in [2.45, 2.75) is 19.3 Å². The molecule has 0 aromatic heterocycles. The summed E-state index contributed by atoms with van der Waals surface area (Å²) in [4.78, 5) is 15.1. The molecule has 1 aliphatic heterocycles. The third kappa shape index (κ3) is 4.10. The van der Waals surface area contributed by atoms with Crippen molar-refractivity contribution in [3.8, 4) is 11.5 Å². The molecule has 0 unspecified atom stereocenters. The molecule has 5 heteroatoms. The molecule has 0 atom stereocenters. The Bertz CT molecular complexity index is 826. The number of piperidine rings is 1. The quantitative estimate of drug-likeness (QED) is 0.548. The van der Waals surface area contributed by atoms with Gasteiger partial charge in [-0.1, -0.05) is 12.1 Å². The Balaban J connectivity index is 1.87. The number of hydrogen-bond donors (Lipinski definition) is 1. The van der Waals surface area contributed by atoms with Gasteiger partial charge in [0.15, 0.2) is 5.78 Å². The van der Waals surface area contributed by atoms with Gasteiger partial charge in [-0.25, -0.2) is 0 Å². The summed E-state index contributed by atoms with van der Waals surface area (Å²) in [6, 6.07) is 11.0. The van der Waals surface area contributed by atoms with Gasteiger partial charge in [-0.05, 0) is 65.5 Å². The number of halogens is 1. The second-order valence-electron chi connectivity index (χ2n) is 6.31. The molecule has 1 saturated heterocycles. The van der Waals surface area contributed by atoms with Crippen molar-refractivity contribution in [3.63, 3.8) is 0 Å². The number of carbonyl (C=O) groups excluding carboxylic acids is 1. The first kappa shape index (κ1) is 18.5. The second kappa shape index (κ2) is 8.41. The number of para-hydroxylation sites is 1. The highest BCUT2D eigenvalue weighted by molar-refractivity contribution is 9.10. The molecule has 0 aliphatic carbocycles. The lowest BCUT2D eigenvalue weighted by atomic mass is 10.0. The van der Waals surface area contributed by atoms with Gasteiger partial charge in [0.25, 0.3) is 0 Å². The van der Waals surface area contributed by atoms with E-state index < -0.39 is 0 Å². The predicted molar refractivity (Wildman–Crippen MR) is 108 cm³/mol. The topological polar surface area (TPSA) is 49.8 Å². The van der Waals surface area contributed by atoms with Crippen LogP contribution < -0.4 is 9.64 Å². The number of carbonyl (C=O) groups is 1. The van der Waals surface area contributed by atoms with Crippen molar-refractivity contribution in [3.05, 3.63) is 58.1 Å². The van der Waals surface area contributed by atoms with Crippen molar-refractivity contribution in [2.75, 3.05) is 25.1 Å². The molecule has 1 aliphatic rings. The molecule has 1 N–H and O–H groups in total. The van der Waals surface area contributed by atoms with Crippen molar-refractivity contribution < 1.29 is 14.6 Å². The first-order valence-electron chi connectivity index (χ1n) is 8.73. The van der Waals surface area contributed by atoms with Gasteiger partial charge in [0.2, 0.25) is 0 Å². The maximum atomic E-state index is 12.8. The number of nitrogens with zero attached hydrogens (tertiary/aromatic N) is 1. The maximum absolute atomic E-state index is 12.8. The summed E-state index contributed by atoms with van der Waals surface area (Å²) >= 11 is 3.29. The summed E-state index contributed by atoms with van der Waals surface area (Å²) in [6.45, 7) is 1.99. The molecule has 1 heterocycles. The lowest BCUT2D eigenvalue weighted by molar-refractivity contribution is 0.104. The predicted octanol–water partition coefficient (Wildman–Crippen LogP) is 5.05. The molecule has 3 rings (SSSR count). The monoisotopic (exact) mass is 415 g/mol. The lowest BCUT2D eigenvalue weighted by Gasteiger charge is -2.30. The van der Waals surface area contributed by atoms with E-state index in [0.717, 1.165) is 37.2 Å². The van der Waals surface area contributed by atoms with Gasteiger partial charge in [-0.2, -0.15) is 0 Å². The molecule has 136 valence electrons. The van der Waals surface area contributed by atoms with E-state index in [1.807, 2.05) is 24.3 Å². The highest BCUT2D eigenvalue weighted by Gasteiger charge is 2.17. The second-order valence-corrected chi connectivity index (χ2v) is 7.16. The molecule has 1 fully saturated rings. The fourth-order valence-electron chi connectivity index (χ4n) is 3.21. The zero-order valence-corrected chi connectivity index (χ0v) is 16.3. The fraction of sp³-hybridized carbons (Fsp3) is 0.286. The molecular formula is C21H22BrNO3. The van der Waals surface area contributed by atoms with Crippen LogP contribution in [-0.2, 0) is 0 Å². The van der Waals surface area contributed by atoms with Gasteiger partial charge in [0.1, 0.15) is 11.5 Å². The average Bonchev–Trinajstić information content (AvgIpc) is 2.69. The van der Waals surface area contributed by atoms with Crippen LogP contribution >= 0.6 is 15.9 Å². The zero-order valence-electron chi connectivity index (χ0n) is 14.7. The Morgan fingerprint density at radius 1 is 1.19 bits per heavy atom. The Kier molecular flexibility index (Phi) is 5.99. The average molecular weight is 416 g/mol. The molecule has 4 nitrogen and oxygen atoms in total. The molecule has 0 bridgehead atoms. The summed E-state index contributed by atoms with van der Waals surface area (Å²) in [5, 5.41) is 9.77. The smallest absolute Gasteiger partial charge is 0.187 e. The highest BCUT2D eigenvalue weighted by Crippen LogP contribution is 2.33. The minimum atomic E-state index is -0.0441. The molecule has 2 aromatic rings. The SMILES string of the molecule is COc1cc(O)c(Br)cc1/C=C/C(=O)c1ccccc1N1CCCCC1. The van der Waals surface area contributed by atoms with Gasteiger partial charge in [0, 0.05) is 36.0 Å². The number of hydrogen-bond acceptors (Lipinski definition) is 4. The van der Waals surface area contributed by atoms with E-state index in [1.54, 1.807) is 18.2 Å².